The number of aromatic nitrogens is 2. The summed E-state index contributed by atoms with van der Waals surface area (Å²) in [5.74, 6) is 0.876. The molecule has 1 heterocycles. The Morgan fingerprint density at radius 2 is 2.04 bits per heavy atom. The van der Waals surface area contributed by atoms with Gasteiger partial charge in [0.15, 0.2) is 5.11 Å². The number of aromatic amines is 1. The maximum Gasteiger partial charge on any atom is 0.226 e. The standard InChI is InChI=1S/C19H19ClN4OS/c1-11(2)9-17(25)24-19(26)23-16-10-12(7-8-13(16)20)18-21-14-5-3-4-6-15(14)22-18/h3-8,10-11H,9H2,1-2H3,(H,21,22)(H2,23,24,25,26). The minimum Gasteiger partial charge on any atom is -0.338 e. The highest BCUT2D eigenvalue weighted by Crippen LogP contribution is 2.28. The van der Waals surface area contributed by atoms with Gasteiger partial charge >= 0.3 is 0 Å². The van der Waals surface area contributed by atoms with Crippen molar-refractivity contribution in [3.8, 4) is 11.4 Å². The molecule has 0 bridgehead atoms. The van der Waals surface area contributed by atoms with Gasteiger partial charge in [-0.05, 0) is 48.5 Å². The van der Waals surface area contributed by atoms with Gasteiger partial charge in [-0.2, -0.15) is 0 Å². The van der Waals surface area contributed by atoms with Gasteiger partial charge in [-0.1, -0.05) is 37.6 Å². The number of rotatable bonds is 4. The molecule has 0 fully saturated rings. The number of nitrogens with zero attached hydrogens (tertiary/aromatic N) is 1. The number of halogens is 1. The van der Waals surface area contributed by atoms with Gasteiger partial charge in [0.05, 0.1) is 21.7 Å². The Bertz CT molecular complexity index is 934. The van der Waals surface area contributed by atoms with Crippen LogP contribution >= 0.6 is 23.8 Å². The van der Waals surface area contributed by atoms with Crippen LogP contribution in [0, 0.1) is 5.92 Å². The number of anilines is 1. The van der Waals surface area contributed by atoms with Crippen molar-refractivity contribution in [1.29, 1.82) is 0 Å². The summed E-state index contributed by atoms with van der Waals surface area (Å²) in [5, 5.41) is 6.38. The molecule has 0 aliphatic carbocycles. The molecule has 0 unspecified atom stereocenters. The highest BCUT2D eigenvalue weighted by molar-refractivity contribution is 7.80. The Labute approximate surface area is 162 Å². The second kappa shape index (κ2) is 7.85. The number of carbonyl (C=O) groups is 1. The number of H-pyrrole nitrogens is 1. The lowest BCUT2D eigenvalue weighted by molar-refractivity contribution is -0.120. The maximum absolute atomic E-state index is 11.8. The van der Waals surface area contributed by atoms with Crippen LogP contribution in [0.5, 0.6) is 0 Å². The van der Waals surface area contributed by atoms with Gasteiger partial charge in [0.1, 0.15) is 5.82 Å². The molecule has 134 valence electrons. The Morgan fingerprint density at radius 1 is 1.27 bits per heavy atom. The minimum absolute atomic E-state index is 0.123. The fourth-order valence-corrected chi connectivity index (χ4v) is 2.95. The molecule has 1 aromatic heterocycles. The van der Waals surface area contributed by atoms with Gasteiger partial charge in [0.2, 0.25) is 5.91 Å². The molecule has 0 saturated carbocycles. The molecule has 7 heteroatoms. The zero-order chi connectivity index (χ0) is 18.7. The summed E-state index contributed by atoms with van der Waals surface area (Å²) in [7, 11) is 0. The lowest BCUT2D eigenvalue weighted by Gasteiger charge is -2.12. The van der Waals surface area contributed by atoms with E-state index in [4.69, 9.17) is 23.8 Å². The zero-order valence-corrected chi connectivity index (χ0v) is 16.0. The molecule has 1 amide bonds. The topological polar surface area (TPSA) is 69.8 Å². The van der Waals surface area contributed by atoms with Crippen LogP contribution in [-0.2, 0) is 4.79 Å². The van der Waals surface area contributed by atoms with Crippen molar-refractivity contribution in [2.75, 3.05) is 5.32 Å². The fourth-order valence-electron chi connectivity index (χ4n) is 2.56. The normalized spacial score (nSPS) is 10.9. The molecule has 3 rings (SSSR count). The summed E-state index contributed by atoms with van der Waals surface area (Å²) in [5.41, 5.74) is 3.33. The molecule has 0 aliphatic heterocycles. The van der Waals surface area contributed by atoms with Crippen molar-refractivity contribution in [2.24, 2.45) is 5.92 Å². The molecule has 3 aromatic rings. The smallest absolute Gasteiger partial charge is 0.226 e. The van der Waals surface area contributed by atoms with Gasteiger partial charge in [0, 0.05) is 12.0 Å². The number of amides is 1. The third-order valence-corrected chi connectivity index (χ3v) is 4.26. The molecule has 0 saturated heterocycles. The number of carbonyl (C=O) groups excluding carboxylic acids is 1. The molecule has 0 atom stereocenters. The average Bonchev–Trinajstić information content (AvgIpc) is 3.00. The number of para-hydroxylation sites is 2. The van der Waals surface area contributed by atoms with E-state index in [1.807, 2.05) is 50.2 Å². The maximum atomic E-state index is 11.8. The zero-order valence-electron chi connectivity index (χ0n) is 14.5. The van der Waals surface area contributed by atoms with Crippen molar-refractivity contribution in [2.45, 2.75) is 20.3 Å². The van der Waals surface area contributed by atoms with E-state index in [9.17, 15) is 4.79 Å². The molecule has 0 aliphatic rings. The second-order valence-electron chi connectivity index (χ2n) is 6.40. The number of benzene rings is 2. The summed E-state index contributed by atoms with van der Waals surface area (Å²) < 4.78 is 0. The van der Waals surface area contributed by atoms with Crippen LogP contribution in [0.2, 0.25) is 5.02 Å². The van der Waals surface area contributed by atoms with E-state index in [0.29, 0.717) is 17.1 Å². The number of hydrogen-bond donors (Lipinski definition) is 3. The third-order valence-electron chi connectivity index (χ3n) is 3.72. The van der Waals surface area contributed by atoms with E-state index in [-0.39, 0.29) is 16.9 Å². The first-order valence-electron chi connectivity index (χ1n) is 8.28. The van der Waals surface area contributed by atoms with Gasteiger partial charge < -0.3 is 15.6 Å². The van der Waals surface area contributed by atoms with E-state index in [0.717, 1.165) is 22.4 Å². The van der Waals surface area contributed by atoms with Crippen molar-refractivity contribution < 1.29 is 4.79 Å². The summed E-state index contributed by atoms with van der Waals surface area (Å²) in [4.78, 5) is 19.7. The number of nitrogens with one attached hydrogen (secondary N) is 3. The highest BCUT2D eigenvalue weighted by atomic mass is 35.5. The quantitative estimate of drug-likeness (QED) is 0.566. The van der Waals surface area contributed by atoms with Crippen LogP contribution in [-0.4, -0.2) is 21.0 Å². The van der Waals surface area contributed by atoms with Crippen LogP contribution in [0.1, 0.15) is 20.3 Å². The molecular formula is C19H19ClN4OS. The Balaban J connectivity index is 1.79. The fraction of sp³-hybridized carbons (Fsp3) is 0.211. The summed E-state index contributed by atoms with van der Waals surface area (Å²) in [6.45, 7) is 3.95. The molecule has 0 spiro atoms. The Kier molecular flexibility index (Phi) is 5.54. The minimum atomic E-state index is -0.123. The summed E-state index contributed by atoms with van der Waals surface area (Å²) >= 11 is 11.5. The molecular weight excluding hydrogens is 368 g/mol. The number of imidazole rings is 1. The first-order valence-corrected chi connectivity index (χ1v) is 9.06. The summed E-state index contributed by atoms with van der Waals surface area (Å²) in [6.07, 6.45) is 0.411. The Morgan fingerprint density at radius 3 is 2.77 bits per heavy atom. The Hall–Kier alpha value is -2.44. The molecule has 26 heavy (non-hydrogen) atoms. The van der Waals surface area contributed by atoms with Crippen LogP contribution < -0.4 is 10.6 Å². The van der Waals surface area contributed by atoms with E-state index in [1.54, 1.807) is 6.07 Å². The number of thiocarbonyl (C=S) groups is 1. The van der Waals surface area contributed by atoms with Gasteiger partial charge in [-0.15, -0.1) is 0 Å². The van der Waals surface area contributed by atoms with Crippen LogP contribution in [0.3, 0.4) is 0 Å². The molecule has 5 nitrogen and oxygen atoms in total. The SMILES string of the molecule is CC(C)CC(=O)NC(=S)Nc1cc(-c2nc3ccccc3[nH]2)ccc1Cl. The highest BCUT2D eigenvalue weighted by Gasteiger charge is 2.11. The lowest BCUT2D eigenvalue weighted by Crippen LogP contribution is -2.34. The van der Waals surface area contributed by atoms with Gasteiger partial charge in [-0.25, -0.2) is 4.98 Å². The van der Waals surface area contributed by atoms with E-state index in [2.05, 4.69) is 20.6 Å². The third kappa shape index (κ3) is 4.39. The average molecular weight is 387 g/mol. The predicted octanol–water partition coefficient (Wildman–Crippen LogP) is 4.74. The van der Waals surface area contributed by atoms with Crippen LogP contribution in [0.25, 0.3) is 22.4 Å². The van der Waals surface area contributed by atoms with E-state index >= 15 is 0 Å². The second-order valence-corrected chi connectivity index (χ2v) is 7.21. The van der Waals surface area contributed by atoms with Crippen LogP contribution in [0.4, 0.5) is 5.69 Å². The summed E-state index contributed by atoms with van der Waals surface area (Å²) in [6, 6.07) is 13.3. The van der Waals surface area contributed by atoms with Gasteiger partial charge in [0.25, 0.3) is 0 Å². The predicted molar refractivity (Wildman–Crippen MR) is 110 cm³/mol. The monoisotopic (exact) mass is 386 g/mol. The first-order chi connectivity index (χ1) is 12.4. The van der Waals surface area contributed by atoms with Crippen molar-refractivity contribution in [3.63, 3.8) is 0 Å². The first kappa shape index (κ1) is 18.4. The molecule has 0 radical (unpaired) electrons. The largest absolute Gasteiger partial charge is 0.338 e. The van der Waals surface area contributed by atoms with E-state index in [1.165, 1.54) is 0 Å². The van der Waals surface area contributed by atoms with E-state index < -0.39 is 0 Å². The lowest BCUT2D eigenvalue weighted by atomic mass is 10.1. The number of hydrogen-bond acceptors (Lipinski definition) is 3. The van der Waals surface area contributed by atoms with Crippen molar-refractivity contribution in [3.05, 3.63) is 47.5 Å². The van der Waals surface area contributed by atoms with Crippen molar-refractivity contribution in [1.82, 2.24) is 15.3 Å². The van der Waals surface area contributed by atoms with Gasteiger partial charge in [-0.3, -0.25) is 4.79 Å². The van der Waals surface area contributed by atoms with Crippen molar-refractivity contribution >= 4 is 51.6 Å². The molecule has 3 N–H and O–H groups in total. The number of fused-ring (bicyclic) bond motifs is 1. The van der Waals surface area contributed by atoms with Crippen LogP contribution in [0.15, 0.2) is 42.5 Å². The molecule has 2 aromatic carbocycles.